The van der Waals surface area contributed by atoms with E-state index in [4.69, 9.17) is 0 Å². The Hall–Kier alpha value is -3.57. The number of carbonyl (C=O) groups excluding carboxylic acids is 1. The van der Waals surface area contributed by atoms with Crippen molar-refractivity contribution in [3.63, 3.8) is 0 Å². The topological polar surface area (TPSA) is 127 Å². The Morgan fingerprint density at radius 3 is 2.29 bits per heavy atom. The van der Waals surface area contributed by atoms with Crippen LogP contribution >= 0.6 is 0 Å². The number of amides is 1. The van der Waals surface area contributed by atoms with Gasteiger partial charge in [0.05, 0.1) is 21.2 Å². The van der Waals surface area contributed by atoms with E-state index in [1.807, 2.05) is 0 Å². The second-order valence-corrected chi connectivity index (χ2v) is 10.4. The van der Waals surface area contributed by atoms with Gasteiger partial charge in [-0.25, -0.2) is 13.1 Å². The van der Waals surface area contributed by atoms with E-state index in [1.54, 1.807) is 25.1 Å². The normalized spacial score (nSPS) is 15.2. The molecule has 1 saturated heterocycles. The van der Waals surface area contributed by atoms with Gasteiger partial charge in [-0.2, -0.15) is 9.40 Å². The number of nitro groups is 1. The number of benzene rings is 2. The number of nitrogens with zero attached hydrogens (tertiary/aromatic N) is 4. The van der Waals surface area contributed by atoms with E-state index in [1.165, 1.54) is 45.4 Å². The number of sulfonamides is 1. The number of rotatable bonds is 6. The maximum Gasteiger partial charge on any atom is 0.269 e. The van der Waals surface area contributed by atoms with E-state index < -0.39 is 20.9 Å². The first-order valence-corrected chi connectivity index (χ1v) is 12.3. The van der Waals surface area contributed by atoms with Crippen LogP contribution < -0.4 is 5.32 Å². The van der Waals surface area contributed by atoms with Crippen LogP contribution in [0.3, 0.4) is 0 Å². The molecule has 0 aliphatic carbocycles. The highest BCUT2D eigenvalue weighted by molar-refractivity contribution is 7.89. The number of anilines is 1. The molecule has 0 spiro atoms. The first-order valence-electron chi connectivity index (χ1n) is 10.9. The maximum atomic E-state index is 12.9. The van der Waals surface area contributed by atoms with Gasteiger partial charge in [0.25, 0.3) is 11.6 Å². The van der Waals surface area contributed by atoms with Gasteiger partial charge in [0.1, 0.15) is 5.82 Å². The van der Waals surface area contributed by atoms with E-state index in [9.17, 15) is 23.3 Å². The monoisotopic (exact) mass is 483 g/mol. The Labute approximate surface area is 197 Å². The zero-order valence-corrected chi connectivity index (χ0v) is 19.7. The van der Waals surface area contributed by atoms with Crippen molar-refractivity contribution in [2.75, 3.05) is 18.4 Å². The lowest BCUT2D eigenvalue weighted by atomic mass is 10.0. The molecular formula is C23H25N5O5S. The molecule has 1 fully saturated rings. The van der Waals surface area contributed by atoms with Gasteiger partial charge < -0.3 is 5.32 Å². The number of aromatic nitrogens is 2. The third kappa shape index (κ3) is 4.85. The van der Waals surface area contributed by atoms with Gasteiger partial charge in [-0.1, -0.05) is 6.92 Å². The molecule has 3 aromatic rings. The summed E-state index contributed by atoms with van der Waals surface area (Å²) < 4.78 is 28.8. The highest BCUT2D eigenvalue weighted by Gasteiger charge is 2.28. The van der Waals surface area contributed by atoms with Crippen LogP contribution in [-0.2, 0) is 10.0 Å². The average Bonchev–Trinajstić information content (AvgIpc) is 3.19. The number of hydrogen-bond acceptors (Lipinski definition) is 6. The zero-order valence-electron chi connectivity index (χ0n) is 18.8. The summed E-state index contributed by atoms with van der Waals surface area (Å²) in [4.78, 5) is 23.4. The lowest BCUT2D eigenvalue weighted by molar-refractivity contribution is -0.384. The van der Waals surface area contributed by atoms with Crippen molar-refractivity contribution in [2.45, 2.75) is 31.6 Å². The minimum absolute atomic E-state index is 0.0488. The Morgan fingerprint density at radius 2 is 1.71 bits per heavy atom. The molecule has 1 N–H and O–H groups in total. The van der Waals surface area contributed by atoms with Crippen molar-refractivity contribution < 1.29 is 18.1 Å². The van der Waals surface area contributed by atoms with Crippen molar-refractivity contribution in [3.05, 3.63) is 76.0 Å². The van der Waals surface area contributed by atoms with Crippen molar-refractivity contribution in [3.8, 4) is 5.69 Å². The van der Waals surface area contributed by atoms with Crippen molar-refractivity contribution in [2.24, 2.45) is 5.92 Å². The molecule has 10 nitrogen and oxygen atoms in total. The van der Waals surface area contributed by atoms with Gasteiger partial charge in [-0.15, -0.1) is 0 Å². The number of aryl methyl sites for hydroxylation is 1. The number of carbonyl (C=O) groups is 1. The Kier molecular flexibility index (Phi) is 6.49. The number of nitrogens with one attached hydrogen (secondary N) is 1. The molecule has 1 aliphatic heterocycles. The molecular weight excluding hydrogens is 458 g/mol. The molecule has 1 aromatic heterocycles. The average molecular weight is 484 g/mol. The number of nitro benzene ring substituents is 1. The van der Waals surface area contributed by atoms with Crippen LogP contribution in [0.4, 0.5) is 11.5 Å². The Bertz CT molecular complexity index is 1310. The van der Waals surface area contributed by atoms with E-state index in [-0.39, 0.29) is 10.6 Å². The highest BCUT2D eigenvalue weighted by atomic mass is 32.2. The highest BCUT2D eigenvalue weighted by Crippen LogP contribution is 2.24. The molecule has 1 aliphatic rings. The third-order valence-electron chi connectivity index (χ3n) is 5.88. The standard InChI is InChI=1S/C23H25N5O5S/c1-16-11-13-26(14-12-16)34(32,33)21-9-3-18(4-10-21)23(29)24-22-15-17(2)25-27(22)19-5-7-20(8-6-19)28(30)31/h3-10,15-16H,11-14H2,1-2H3,(H,24,29). The van der Waals surface area contributed by atoms with Crippen LogP contribution in [0.5, 0.6) is 0 Å². The van der Waals surface area contributed by atoms with E-state index in [0.29, 0.717) is 41.8 Å². The largest absolute Gasteiger partial charge is 0.306 e. The Balaban J connectivity index is 1.51. The molecule has 0 saturated carbocycles. The molecule has 4 rings (SSSR count). The first kappa shape index (κ1) is 23.6. The van der Waals surface area contributed by atoms with Crippen LogP contribution in [-0.4, -0.2) is 46.4 Å². The molecule has 0 unspecified atom stereocenters. The van der Waals surface area contributed by atoms with Gasteiger partial charge in [0.2, 0.25) is 10.0 Å². The fourth-order valence-electron chi connectivity index (χ4n) is 3.84. The summed E-state index contributed by atoms with van der Waals surface area (Å²) in [7, 11) is -3.60. The smallest absolute Gasteiger partial charge is 0.269 e. The van der Waals surface area contributed by atoms with Crippen LogP contribution in [0, 0.1) is 23.0 Å². The first-order chi connectivity index (χ1) is 16.1. The molecule has 0 bridgehead atoms. The molecule has 11 heteroatoms. The van der Waals surface area contributed by atoms with Crippen molar-refractivity contribution in [1.82, 2.24) is 14.1 Å². The van der Waals surface area contributed by atoms with Gasteiger partial charge in [0.15, 0.2) is 0 Å². The fourth-order valence-corrected chi connectivity index (χ4v) is 5.31. The van der Waals surface area contributed by atoms with Crippen LogP contribution in [0.15, 0.2) is 59.5 Å². The van der Waals surface area contributed by atoms with Crippen LogP contribution in [0.1, 0.15) is 35.8 Å². The lowest BCUT2D eigenvalue weighted by Crippen LogP contribution is -2.37. The Morgan fingerprint density at radius 1 is 1.09 bits per heavy atom. The molecule has 34 heavy (non-hydrogen) atoms. The van der Waals surface area contributed by atoms with Crippen LogP contribution in [0.2, 0.25) is 0 Å². The number of hydrogen-bond donors (Lipinski definition) is 1. The van der Waals surface area contributed by atoms with Crippen LogP contribution in [0.25, 0.3) is 5.69 Å². The minimum Gasteiger partial charge on any atom is -0.306 e. The summed E-state index contributed by atoms with van der Waals surface area (Å²) in [6.45, 7) is 4.88. The van der Waals surface area contributed by atoms with Gasteiger partial charge in [-0.3, -0.25) is 14.9 Å². The van der Waals surface area contributed by atoms with Crippen molar-refractivity contribution >= 4 is 27.4 Å². The predicted octanol–water partition coefficient (Wildman–Crippen LogP) is 3.76. The summed E-state index contributed by atoms with van der Waals surface area (Å²) in [6, 6.07) is 13.3. The van der Waals surface area contributed by atoms with E-state index >= 15 is 0 Å². The quantitative estimate of drug-likeness (QED) is 0.420. The maximum absolute atomic E-state index is 12.9. The number of non-ortho nitro benzene ring substituents is 1. The third-order valence-corrected chi connectivity index (χ3v) is 7.79. The summed E-state index contributed by atoms with van der Waals surface area (Å²) in [5.41, 5.74) is 1.44. The second kappa shape index (κ2) is 9.35. The van der Waals surface area contributed by atoms with E-state index in [0.717, 1.165) is 12.8 Å². The van der Waals surface area contributed by atoms with Crippen molar-refractivity contribution in [1.29, 1.82) is 0 Å². The fraction of sp³-hybridized carbons (Fsp3) is 0.304. The lowest BCUT2D eigenvalue weighted by Gasteiger charge is -2.29. The molecule has 0 radical (unpaired) electrons. The summed E-state index contributed by atoms with van der Waals surface area (Å²) in [5, 5.41) is 18.0. The van der Waals surface area contributed by atoms with Gasteiger partial charge in [-0.05, 0) is 62.1 Å². The summed E-state index contributed by atoms with van der Waals surface area (Å²) >= 11 is 0. The summed E-state index contributed by atoms with van der Waals surface area (Å²) in [5.74, 6) is 0.467. The SMILES string of the molecule is Cc1cc(NC(=O)c2ccc(S(=O)(=O)N3CCC(C)CC3)cc2)n(-c2ccc([N+](=O)[O-])cc2)n1. The molecule has 1 amide bonds. The van der Waals surface area contributed by atoms with Gasteiger partial charge >= 0.3 is 0 Å². The van der Waals surface area contributed by atoms with E-state index in [2.05, 4.69) is 17.3 Å². The molecule has 2 heterocycles. The predicted molar refractivity (Wildman–Crippen MR) is 127 cm³/mol. The minimum atomic E-state index is -3.60. The summed E-state index contributed by atoms with van der Waals surface area (Å²) in [6.07, 6.45) is 1.67. The molecule has 0 atom stereocenters. The number of piperidine rings is 1. The molecule has 2 aromatic carbocycles. The van der Waals surface area contributed by atoms with Gasteiger partial charge in [0, 0.05) is 36.9 Å². The zero-order chi connectivity index (χ0) is 24.5. The second-order valence-electron chi connectivity index (χ2n) is 8.42. The molecule has 178 valence electrons.